The van der Waals surface area contributed by atoms with Gasteiger partial charge in [-0.1, -0.05) is 0 Å². The number of likely N-dealkylation sites (tertiary alicyclic amines) is 1. The molecule has 0 aromatic carbocycles. The zero-order chi connectivity index (χ0) is 12.6. The molecule has 1 aromatic rings. The highest BCUT2D eigenvalue weighted by Crippen LogP contribution is 2.24. The van der Waals surface area contributed by atoms with E-state index < -0.39 is 0 Å². The Morgan fingerprint density at radius 3 is 2.72 bits per heavy atom. The van der Waals surface area contributed by atoms with Crippen molar-refractivity contribution < 1.29 is 4.79 Å². The second-order valence-corrected chi connectivity index (χ2v) is 4.91. The van der Waals surface area contributed by atoms with Crippen molar-refractivity contribution in [3.05, 3.63) is 17.5 Å². The van der Waals surface area contributed by atoms with Gasteiger partial charge in [0, 0.05) is 25.3 Å². The van der Waals surface area contributed by atoms with Crippen LogP contribution in [0.5, 0.6) is 0 Å². The second-order valence-electron chi connectivity index (χ2n) is 4.91. The number of carbonyl (C=O) groups is 1. The number of aromatic nitrogens is 2. The molecule has 1 saturated heterocycles. The molecule has 0 radical (unpaired) electrons. The lowest BCUT2D eigenvalue weighted by Gasteiger charge is -2.21. The van der Waals surface area contributed by atoms with E-state index in [2.05, 4.69) is 12.0 Å². The van der Waals surface area contributed by atoms with Gasteiger partial charge >= 0.3 is 0 Å². The van der Waals surface area contributed by atoms with Crippen LogP contribution in [-0.4, -0.2) is 39.7 Å². The Bertz CT molecular complexity index is 432. The van der Waals surface area contributed by atoms with Crippen molar-refractivity contribution in [1.82, 2.24) is 14.7 Å². The van der Waals surface area contributed by atoms with E-state index >= 15 is 0 Å². The van der Waals surface area contributed by atoms with Crippen LogP contribution in [0.25, 0.3) is 0 Å². The van der Waals surface area contributed by atoms with E-state index in [0.29, 0.717) is 18.0 Å². The van der Waals surface area contributed by atoms with Gasteiger partial charge in [0.2, 0.25) is 0 Å². The topological polar surface area (TPSA) is 64.2 Å². The monoisotopic (exact) mass is 272 g/mol. The van der Waals surface area contributed by atoms with Crippen molar-refractivity contribution in [3.8, 4) is 0 Å². The zero-order valence-corrected chi connectivity index (χ0v) is 11.9. The van der Waals surface area contributed by atoms with E-state index in [9.17, 15) is 4.79 Å². The van der Waals surface area contributed by atoms with Crippen LogP contribution in [0.2, 0.25) is 0 Å². The second kappa shape index (κ2) is 5.71. The first-order valence-corrected chi connectivity index (χ1v) is 6.04. The van der Waals surface area contributed by atoms with Gasteiger partial charge in [-0.05, 0) is 32.7 Å². The van der Waals surface area contributed by atoms with Crippen LogP contribution < -0.4 is 5.73 Å². The number of nitrogens with zero attached hydrogens (tertiary/aromatic N) is 3. The molecule has 1 aliphatic rings. The molecule has 1 fully saturated rings. The molecule has 2 unspecified atom stereocenters. The van der Waals surface area contributed by atoms with Crippen LogP contribution in [0.15, 0.2) is 6.20 Å². The van der Waals surface area contributed by atoms with Crippen LogP contribution in [0.1, 0.15) is 29.4 Å². The fourth-order valence-corrected chi connectivity index (χ4v) is 2.46. The first kappa shape index (κ1) is 15.0. The normalized spacial score (nSPS) is 23.0. The highest BCUT2D eigenvalue weighted by molar-refractivity contribution is 5.95. The summed E-state index contributed by atoms with van der Waals surface area (Å²) in [5.41, 5.74) is 7.30. The minimum atomic E-state index is 0. The van der Waals surface area contributed by atoms with Crippen molar-refractivity contribution in [2.24, 2.45) is 18.7 Å². The largest absolute Gasteiger partial charge is 0.335 e. The molecule has 18 heavy (non-hydrogen) atoms. The average Bonchev–Trinajstić information content (AvgIpc) is 2.83. The Morgan fingerprint density at radius 2 is 2.28 bits per heavy atom. The maximum Gasteiger partial charge on any atom is 0.257 e. The lowest BCUT2D eigenvalue weighted by atomic mass is 10.1. The molecule has 0 spiro atoms. The van der Waals surface area contributed by atoms with E-state index in [1.165, 1.54) is 0 Å². The standard InChI is InChI=1S/C12H20N4O.ClH/c1-8-4-10(5-13)7-16(8)12(17)11-6-14-15(3)9(11)2;/h6,8,10H,4-5,7,13H2,1-3H3;1H. The van der Waals surface area contributed by atoms with Gasteiger partial charge in [0.25, 0.3) is 5.91 Å². The molecule has 6 heteroatoms. The van der Waals surface area contributed by atoms with Crippen LogP contribution in [-0.2, 0) is 7.05 Å². The fraction of sp³-hybridized carbons (Fsp3) is 0.667. The summed E-state index contributed by atoms with van der Waals surface area (Å²) in [6.45, 7) is 5.42. The van der Waals surface area contributed by atoms with Gasteiger partial charge in [0.05, 0.1) is 11.8 Å². The first-order chi connectivity index (χ1) is 8.04. The fourth-order valence-electron chi connectivity index (χ4n) is 2.46. The average molecular weight is 273 g/mol. The van der Waals surface area contributed by atoms with E-state index in [1.807, 2.05) is 18.9 Å². The molecule has 1 amide bonds. The van der Waals surface area contributed by atoms with E-state index in [4.69, 9.17) is 5.73 Å². The minimum absolute atomic E-state index is 0. The first-order valence-electron chi connectivity index (χ1n) is 6.04. The third-order valence-electron chi connectivity index (χ3n) is 3.72. The summed E-state index contributed by atoms with van der Waals surface area (Å²) in [5, 5.41) is 4.12. The Balaban J connectivity index is 0.00000162. The van der Waals surface area contributed by atoms with Gasteiger partial charge in [-0.2, -0.15) is 5.10 Å². The van der Waals surface area contributed by atoms with Gasteiger partial charge in [-0.25, -0.2) is 0 Å². The summed E-state index contributed by atoms with van der Waals surface area (Å²) in [4.78, 5) is 14.3. The number of rotatable bonds is 2. The van der Waals surface area contributed by atoms with Gasteiger partial charge in [-0.15, -0.1) is 12.4 Å². The molecular formula is C12H21ClN4O. The summed E-state index contributed by atoms with van der Waals surface area (Å²) >= 11 is 0. The third kappa shape index (κ3) is 2.52. The SMILES string of the molecule is Cc1c(C(=O)N2CC(CN)CC2C)cnn1C.Cl. The van der Waals surface area contributed by atoms with Crippen LogP contribution in [0, 0.1) is 12.8 Å². The van der Waals surface area contributed by atoms with Crippen molar-refractivity contribution in [2.75, 3.05) is 13.1 Å². The quantitative estimate of drug-likeness (QED) is 0.872. The predicted octanol–water partition coefficient (Wildman–Crippen LogP) is 0.960. The molecule has 1 aromatic heterocycles. The number of carbonyl (C=O) groups excluding carboxylic acids is 1. The third-order valence-corrected chi connectivity index (χ3v) is 3.72. The number of hydrogen-bond acceptors (Lipinski definition) is 3. The number of halogens is 1. The number of hydrogen-bond donors (Lipinski definition) is 1. The van der Waals surface area contributed by atoms with Gasteiger partial charge in [0.1, 0.15) is 0 Å². The van der Waals surface area contributed by atoms with Crippen LogP contribution >= 0.6 is 12.4 Å². The number of nitrogens with two attached hydrogens (primary N) is 1. The van der Waals surface area contributed by atoms with Crippen LogP contribution in [0.4, 0.5) is 0 Å². The number of amides is 1. The molecular weight excluding hydrogens is 252 g/mol. The highest BCUT2D eigenvalue weighted by Gasteiger charge is 2.33. The van der Waals surface area contributed by atoms with Crippen molar-refractivity contribution in [1.29, 1.82) is 0 Å². The molecule has 0 saturated carbocycles. The molecule has 0 aliphatic carbocycles. The molecule has 2 N–H and O–H groups in total. The Kier molecular flexibility index (Phi) is 4.76. The maximum absolute atomic E-state index is 12.4. The van der Waals surface area contributed by atoms with E-state index in [-0.39, 0.29) is 24.4 Å². The lowest BCUT2D eigenvalue weighted by molar-refractivity contribution is 0.0742. The van der Waals surface area contributed by atoms with Crippen LogP contribution in [0.3, 0.4) is 0 Å². The van der Waals surface area contributed by atoms with Crippen molar-refractivity contribution in [3.63, 3.8) is 0 Å². The molecule has 0 bridgehead atoms. The molecule has 102 valence electrons. The van der Waals surface area contributed by atoms with E-state index in [0.717, 1.165) is 18.7 Å². The summed E-state index contributed by atoms with van der Waals surface area (Å²) < 4.78 is 1.73. The summed E-state index contributed by atoms with van der Waals surface area (Å²) in [6.07, 6.45) is 2.65. The molecule has 2 heterocycles. The Labute approximate surface area is 114 Å². The zero-order valence-electron chi connectivity index (χ0n) is 11.1. The molecule has 5 nitrogen and oxygen atoms in total. The van der Waals surface area contributed by atoms with Crippen molar-refractivity contribution >= 4 is 18.3 Å². The predicted molar refractivity (Wildman–Crippen MR) is 72.9 cm³/mol. The van der Waals surface area contributed by atoms with Gasteiger partial charge < -0.3 is 10.6 Å². The Hall–Kier alpha value is -1.07. The van der Waals surface area contributed by atoms with Gasteiger partial charge in [0.15, 0.2) is 0 Å². The Morgan fingerprint density at radius 1 is 1.61 bits per heavy atom. The molecule has 1 aliphatic heterocycles. The molecule has 2 rings (SSSR count). The lowest BCUT2D eigenvalue weighted by Crippen LogP contribution is -2.34. The summed E-state index contributed by atoms with van der Waals surface area (Å²) in [6, 6.07) is 0.274. The molecule has 2 atom stereocenters. The smallest absolute Gasteiger partial charge is 0.257 e. The summed E-state index contributed by atoms with van der Waals surface area (Å²) in [5.74, 6) is 0.518. The number of aryl methyl sites for hydroxylation is 1. The van der Waals surface area contributed by atoms with Crippen molar-refractivity contribution in [2.45, 2.75) is 26.3 Å². The maximum atomic E-state index is 12.4. The summed E-state index contributed by atoms with van der Waals surface area (Å²) in [7, 11) is 1.85. The van der Waals surface area contributed by atoms with E-state index in [1.54, 1.807) is 10.9 Å². The minimum Gasteiger partial charge on any atom is -0.335 e. The van der Waals surface area contributed by atoms with Gasteiger partial charge in [-0.3, -0.25) is 9.48 Å². The highest BCUT2D eigenvalue weighted by atomic mass is 35.5.